The summed E-state index contributed by atoms with van der Waals surface area (Å²) in [5, 5.41) is 3.20. The van der Waals surface area contributed by atoms with Gasteiger partial charge in [0.2, 0.25) is 21.8 Å². The molecule has 7 nitrogen and oxygen atoms in total. The minimum Gasteiger partial charge on any atom is -0.352 e. The van der Waals surface area contributed by atoms with Crippen molar-refractivity contribution in [3.63, 3.8) is 0 Å². The summed E-state index contributed by atoms with van der Waals surface area (Å²) in [5.74, 6) is -0.245. The quantitative estimate of drug-likeness (QED) is 0.405. The number of carbonyl (C=O) groups is 2. The Kier molecular flexibility index (Phi) is 10.8. The van der Waals surface area contributed by atoms with Crippen LogP contribution < -0.4 is 9.62 Å². The molecule has 1 fully saturated rings. The summed E-state index contributed by atoms with van der Waals surface area (Å²) in [7, 11) is -3.53. The van der Waals surface area contributed by atoms with Crippen LogP contribution in [0.4, 0.5) is 5.69 Å². The van der Waals surface area contributed by atoms with Crippen molar-refractivity contribution in [2.45, 2.75) is 90.8 Å². The predicted molar refractivity (Wildman–Crippen MR) is 153 cm³/mol. The van der Waals surface area contributed by atoms with E-state index >= 15 is 0 Å². The first-order chi connectivity index (χ1) is 18.1. The number of aryl methyl sites for hydroxylation is 2. The molecule has 2 aromatic carbocycles. The third kappa shape index (κ3) is 8.32. The normalized spacial score (nSPS) is 15.1. The lowest BCUT2D eigenvalue weighted by Gasteiger charge is -2.33. The first-order valence-electron chi connectivity index (χ1n) is 13.8. The Morgan fingerprint density at radius 3 is 2.34 bits per heavy atom. The van der Waals surface area contributed by atoms with Gasteiger partial charge in [-0.15, -0.1) is 0 Å². The van der Waals surface area contributed by atoms with Gasteiger partial charge in [0.15, 0.2) is 0 Å². The highest BCUT2D eigenvalue weighted by Crippen LogP contribution is 2.25. The molecule has 2 amide bonds. The molecular formula is C30H43N3O4S. The van der Waals surface area contributed by atoms with E-state index in [2.05, 4.69) is 5.32 Å². The molecule has 1 unspecified atom stereocenters. The van der Waals surface area contributed by atoms with Gasteiger partial charge in [-0.1, -0.05) is 68.7 Å². The molecule has 208 valence electrons. The smallest absolute Gasteiger partial charge is 0.243 e. The van der Waals surface area contributed by atoms with Crippen molar-refractivity contribution in [2.24, 2.45) is 0 Å². The molecule has 38 heavy (non-hydrogen) atoms. The number of carbonyl (C=O) groups excluding carboxylic acids is 2. The van der Waals surface area contributed by atoms with E-state index in [1.54, 1.807) is 4.90 Å². The topological polar surface area (TPSA) is 86.8 Å². The second kappa shape index (κ2) is 13.8. The molecule has 1 aliphatic rings. The van der Waals surface area contributed by atoms with Crippen LogP contribution in [0.3, 0.4) is 0 Å². The molecule has 1 N–H and O–H groups in total. The number of rotatable bonds is 12. The van der Waals surface area contributed by atoms with Gasteiger partial charge >= 0.3 is 0 Å². The highest BCUT2D eigenvalue weighted by molar-refractivity contribution is 7.92. The number of anilines is 1. The summed E-state index contributed by atoms with van der Waals surface area (Å²) in [6.07, 6.45) is 7.60. The Balaban J connectivity index is 1.75. The van der Waals surface area contributed by atoms with Gasteiger partial charge in [-0.05, 0) is 62.3 Å². The van der Waals surface area contributed by atoms with Crippen molar-refractivity contribution in [2.75, 3.05) is 17.1 Å². The van der Waals surface area contributed by atoms with E-state index in [-0.39, 0.29) is 30.8 Å². The number of hydrogen-bond donors (Lipinski definition) is 1. The Hall–Kier alpha value is -2.87. The van der Waals surface area contributed by atoms with Gasteiger partial charge < -0.3 is 10.2 Å². The van der Waals surface area contributed by atoms with E-state index in [1.807, 2.05) is 69.3 Å². The Morgan fingerprint density at radius 1 is 1.03 bits per heavy atom. The molecule has 0 spiro atoms. The van der Waals surface area contributed by atoms with Crippen LogP contribution in [-0.2, 0) is 26.2 Å². The summed E-state index contributed by atoms with van der Waals surface area (Å²) in [4.78, 5) is 28.6. The van der Waals surface area contributed by atoms with Crippen LogP contribution in [0.2, 0.25) is 0 Å². The maximum atomic E-state index is 13.6. The van der Waals surface area contributed by atoms with E-state index in [0.717, 1.165) is 42.4 Å². The maximum absolute atomic E-state index is 13.6. The Bertz CT molecular complexity index is 1180. The molecular weight excluding hydrogens is 498 g/mol. The van der Waals surface area contributed by atoms with Gasteiger partial charge in [0.05, 0.1) is 11.9 Å². The molecule has 0 heterocycles. The van der Waals surface area contributed by atoms with Crippen LogP contribution in [0.5, 0.6) is 0 Å². The zero-order chi connectivity index (χ0) is 27.7. The largest absolute Gasteiger partial charge is 0.352 e. The van der Waals surface area contributed by atoms with Crippen LogP contribution >= 0.6 is 0 Å². The van der Waals surface area contributed by atoms with Gasteiger partial charge in [-0.3, -0.25) is 13.9 Å². The number of nitrogens with zero attached hydrogens (tertiary/aromatic N) is 2. The summed E-state index contributed by atoms with van der Waals surface area (Å²) in [5.41, 5.74) is 3.43. The molecule has 1 atom stereocenters. The fourth-order valence-corrected chi connectivity index (χ4v) is 6.23. The minimum atomic E-state index is -3.53. The van der Waals surface area contributed by atoms with E-state index < -0.39 is 16.1 Å². The van der Waals surface area contributed by atoms with E-state index in [1.165, 1.54) is 17.0 Å². The number of hydrogen-bond acceptors (Lipinski definition) is 4. The first kappa shape index (κ1) is 29.7. The van der Waals surface area contributed by atoms with Crippen molar-refractivity contribution in [3.05, 3.63) is 65.2 Å². The predicted octanol–water partition coefficient (Wildman–Crippen LogP) is 5.11. The van der Waals surface area contributed by atoms with Crippen LogP contribution in [-0.4, -0.2) is 50.0 Å². The molecule has 0 aliphatic heterocycles. The molecule has 0 aromatic heterocycles. The maximum Gasteiger partial charge on any atom is 0.243 e. The van der Waals surface area contributed by atoms with Crippen molar-refractivity contribution in [1.82, 2.24) is 10.2 Å². The minimum absolute atomic E-state index is 0.100. The molecule has 1 aliphatic carbocycles. The van der Waals surface area contributed by atoms with Crippen LogP contribution in [0.1, 0.15) is 75.0 Å². The molecule has 3 rings (SSSR count). The van der Waals surface area contributed by atoms with Crippen molar-refractivity contribution in [3.8, 4) is 0 Å². The fraction of sp³-hybridized carbons (Fsp3) is 0.533. The standard InChI is InChI=1S/C30H43N3O4S/c1-5-27(30(35)31-26-15-10-7-11-16-26)32(22-25-13-8-6-9-14-25)29(34)17-12-20-33(38(4,36)37)28-21-23(2)18-19-24(28)3/h6,8-9,13-14,18-19,21,26-27H,5,7,10-12,15-17,20,22H2,1-4H3,(H,31,35). The number of benzene rings is 2. The summed E-state index contributed by atoms with van der Waals surface area (Å²) >= 11 is 0. The molecule has 8 heteroatoms. The van der Waals surface area contributed by atoms with Gasteiger partial charge in [-0.2, -0.15) is 0 Å². The lowest BCUT2D eigenvalue weighted by Crippen LogP contribution is -2.51. The van der Waals surface area contributed by atoms with Gasteiger partial charge in [0.25, 0.3) is 0 Å². The Morgan fingerprint density at radius 2 is 1.71 bits per heavy atom. The lowest BCUT2D eigenvalue weighted by molar-refractivity contribution is -0.141. The molecule has 0 saturated heterocycles. The number of sulfonamides is 1. The molecule has 0 bridgehead atoms. The van der Waals surface area contributed by atoms with Crippen molar-refractivity contribution in [1.29, 1.82) is 0 Å². The van der Waals surface area contributed by atoms with Crippen LogP contribution in [0.25, 0.3) is 0 Å². The Labute approximate surface area is 228 Å². The second-order valence-corrected chi connectivity index (χ2v) is 12.4. The van der Waals surface area contributed by atoms with Gasteiger partial charge in [-0.25, -0.2) is 8.42 Å². The highest BCUT2D eigenvalue weighted by Gasteiger charge is 2.30. The lowest BCUT2D eigenvalue weighted by atomic mass is 9.95. The third-order valence-corrected chi connectivity index (χ3v) is 8.50. The zero-order valence-electron chi connectivity index (χ0n) is 23.3. The molecule has 0 radical (unpaired) electrons. The average molecular weight is 542 g/mol. The van der Waals surface area contributed by atoms with Crippen LogP contribution in [0.15, 0.2) is 48.5 Å². The first-order valence-corrected chi connectivity index (χ1v) is 15.6. The zero-order valence-corrected chi connectivity index (χ0v) is 24.1. The van der Waals surface area contributed by atoms with E-state index in [4.69, 9.17) is 0 Å². The van der Waals surface area contributed by atoms with Gasteiger partial charge in [0, 0.05) is 25.6 Å². The van der Waals surface area contributed by atoms with Gasteiger partial charge in [0.1, 0.15) is 6.04 Å². The van der Waals surface area contributed by atoms with Crippen molar-refractivity contribution < 1.29 is 18.0 Å². The average Bonchev–Trinajstić information content (AvgIpc) is 2.88. The van der Waals surface area contributed by atoms with E-state index in [9.17, 15) is 18.0 Å². The second-order valence-electron chi connectivity index (χ2n) is 10.5. The molecule has 1 saturated carbocycles. The SMILES string of the molecule is CCC(C(=O)NC1CCCCC1)N(Cc1ccccc1)C(=O)CCCN(c1cc(C)ccc1C)S(C)(=O)=O. The summed E-state index contributed by atoms with van der Waals surface area (Å²) in [6, 6.07) is 15.0. The van der Waals surface area contributed by atoms with E-state index in [0.29, 0.717) is 25.1 Å². The number of nitrogens with one attached hydrogen (secondary N) is 1. The monoisotopic (exact) mass is 541 g/mol. The highest BCUT2D eigenvalue weighted by atomic mass is 32.2. The van der Waals surface area contributed by atoms with Crippen molar-refractivity contribution >= 4 is 27.5 Å². The summed E-state index contributed by atoms with van der Waals surface area (Å²) in [6.45, 7) is 6.28. The van der Waals surface area contributed by atoms with Crippen LogP contribution in [0, 0.1) is 13.8 Å². The summed E-state index contributed by atoms with van der Waals surface area (Å²) < 4.78 is 26.7. The molecule has 2 aromatic rings. The number of amides is 2. The fourth-order valence-electron chi connectivity index (χ4n) is 5.21. The third-order valence-electron chi connectivity index (χ3n) is 7.32.